The van der Waals surface area contributed by atoms with E-state index in [1.165, 1.54) is 20.9 Å². The first-order valence-electron chi connectivity index (χ1n) is 7.20. The van der Waals surface area contributed by atoms with Gasteiger partial charge in [0, 0.05) is 22.3 Å². The maximum absolute atomic E-state index is 3.62. The minimum Gasteiger partial charge on any atom is -0.309 e. The summed E-state index contributed by atoms with van der Waals surface area (Å²) in [7, 11) is 0. The molecule has 0 bridgehead atoms. The normalized spacial score (nSPS) is 12.4. The van der Waals surface area contributed by atoms with E-state index in [1.807, 2.05) is 22.7 Å². The highest BCUT2D eigenvalue weighted by Gasteiger charge is 2.06. The zero-order valence-corrected chi connectivity index (χ0v) is 13.7. The average Bonchev–Trinajstić information content (AvgIpc) is 3.17. The smallest absolute Gasteiger partial charge is 0.0302 e. The second-order valence-corrected chi connectivity index (χ2v) is 7.26. The van der Waals surface area contributed by atoms with Gasteiger partial charge in [-0.25, -0.2) is 0 Å². The molecule has 1 unspecified atom stereocenters. The van der Waals surface area contributed by atoms with E-state index in [4.69, 9.17) is 0 Å². The molecule has 2 heterocycles. The zero-order chi connectivity index (χ0) is 14.5. The molecule has 3 rings (SSSR count). The second kappa shape index (κ2) is 7.03. The molecule has 1 atom stereocenters. The van der Waals surface area contributed by atoms with Crippen molar-refractivity contribution in [2.24, 2.45) is 0 Å². The standard InChI is InChI=1S/C18H19NS2/c1-14(10-17-8-5-9-20-17)19-12-18-11-16(13-21-18)15-6-3-2-4-7-15/h2-9,11,13-14,19H,10,12H2,1H3. The van der Waals surface area contributed by atoms with Gasteiger partial charge in [0.2, 0.25) is 0 Å². The van der Waals surface area contributed by atoms with Gasteiger partial charge >= 0.3 is 0 Å². The molecule has 21 heavy (non-hydrogen) atoms. The van der Waals surface area contributed by atoms with Gasteiger partial charge in [-0.3, -0.25) is 0 Å². The molecule has 0 saturated heterocycles. The molecule has 0 aliphatic heterocycles. The first-order valence-corrected chi connectivity index (χ1v) is 8.96. The summed E-state index contributed by atoms with van der Waals surface area (Å²) < 4.78 is 0. The third-order valence-corrected chi connectivity index (χ3v) is 5.31. The third kappa shape index (κ3) is 4.03. The van der Waals surface area contributed by atoms with Crippen molar-refractivity contribution in [1.82, 2.24) is 5.32 Å². The van der Waals surface area contributed by atoms with Crippen LogP contribution in [0.2, 0.25) is 0 Å². The average molecular weight is 313 g/mol. The van der Waals surface area contributed by atoms with Crippen LogP contribution in [-0.4, -0.2) is 6.04 Å². The maximum atomic E-state index is 3.62. The zero-order valence-electron chi connectivity index (χ0n) is 12.1. The molecule has 0 aliphatic rings. The SMILES string of the molecule is CC(Cc1cccs1)NCc1cc(-c2ccccc2)cs1. The fraction of sp³-hybridized carbons (Fsp3) is 0.222. The Morgan fingerprint density at radius 3 is 2.57 bits per heavy atom. The van der Waals surface area contributed by atoms with Crippen molar-refractivity contribution in [3.63, 3.8) is 0 Å². The van der Waals surface area contributed by atoms with Crippen LogP contribution >= 0.6 is 22.7 Å². The van der Waals surface area contributed by atoms with Gasteiger partial charge in [0.25, 0.3) is 0 Å². The summed E-state index contributed by atoms with van der Waals surface area (Å²) in [4.78, 5) is 2.85. The van der Waals surface area contributed by atoms with Gasteiger partial charge in [0.05, 0.1) is 0 Å². The van der Waals surface area contributed by atoms with E-state index in [0.29, 0.717) is 6.04 Å². The quantitative estimate of drug-likeness (QED) is 0.660. The van der Waals surface area contributed by atoms with E-state index in [2.05, 4.69) is 71.5 Å². The van der Waals surface area contributed by atoms with Gasteiger partial charge in [-0.05, 0) is 47.4 Å². The Morgan fingerprint density at radius 2 is 1.81 bits per heavy atom. The Hall–Kier alpha value is -1.42. The maximum Gasteiger partial charge on any atom is 0.0302 e. The van der Waals surface area contributed by atoms with E-state index in [9.17, 15) is 0 Å². The molecule has 0 spiro atoms. The van der Waals surface area contributed by atoms with Gasteiger partial charge in [-0.2, -0.15) is 0 Å². The molecule has 0 fully saturated rings. The van der Waals surface area contributed by atoms with Gasteiger partial charge in [0.15, 0.2) is 0 Å². The van der Waals surface area contributed by atoms with Crippen LogP contribution in [0.25, 0.3) is 11.1 Å². The number of hydrogen-bond donors (Lipinski definition) is 1. The van der Waals surface area contributed by atoms with Crippen LogP contribution in [0.1, 0.15) is 16.7 Å². The molecule has 0 radical (unpaired) electrons. The van der Waals surface area contributed by atoms with Crippen molar-refractivity contribution in [3.05, 3.63) is 69.0 Å². The number of hydrogen-bond acceptors (Lipinski definition) is 3. The van der Waals surface area contributed by atoms with Crippen LogP contribution in [-0.2, 0) is 13.0 Å². The van der Waals surface area contributed by atoms with Gasteiger partial charge in [-0.15, -0.1) is 22.7 Å². The highest BCUT2D eigenvalue weighted by molar-refractivity contribution is 7.10. The molecule has 3 aromatic rings. The molecule has 1 aromatic carbocycles. The summed E-state index contributed by atoms with van der Waals surface area (Å²) in [6.45, 7) is 3.20. The van der Waals surface area contributed by atoms with E-state index >= 15 is 0 Å². The number of nitrogens with one attached hydrogen (secondary N) is 1. The first kappa shape index (κ1) is 14.5. The van der Waals surface area contributed by atoms with Crippen LogP contribution in [0.3, 0.4) is 0 Å². The number of thiophene rings is 2. The molecule has 0 aliphatic carbocycles. The Labute approximate surface area is 134 Å². The topological polar surface area (TPSA) is 12.0 Å². The first-order chi connectivity index (χ1) is 10.3. The van der Waals surface area contributed by atoms with Crippen molar-refractivity contribution in [2.45, 2.75) is 25.9 Å². The molecule has 3 heteroatoms. The van der Waals surface area contributed by atoms with E-state index in [0.717, 1.165) is 13.0 Å². The third-order valence-electron chi connectivity index (χ3n) is 3.47. The van der Waals surface area contributed by atoms with Crippen LogP contribution in [0, 0.1) is 0 Å². The van der Waals surface area contributed by atoms with Crippen LogP contribution in [0.4, 0.5) is 0 Å². The van der Waals surface area contributed by atoms with Crippen LogP contribution in [0.5, 0.6) is 0 Å². The second-order valence-electron chi connectivity index (χ2n) is 5.23. The molecule has 108 valence electrons. The van der Waals surface area contributed by atoms with E-state index in [-0.39, 0.29) is 0 Å². The van der Waals surface area contributed by atoms with Crippen molar-refractivity contribution in [1.29, 1.82) is 0 Å². The Morgan fingerprint density at radius 1 is 0.952 bits per heavy atom. The highest BCUT2D eigenvalue weighted by atomic mass is 32.1. The molecule has 1 nitrogen and oxygen atoms in total. The van der Waals surface area contributed by atoms with Gasteiger partial charge in [0.1, 0.15) is 0 Å². The molecular formula is C18H19NS2. The molecule has 0 saturated carbocycles. The lowest BCUT2D eigenvalue weighted by Crippen LogP contribution is -2.26. The Bertz CT molecular complexity index is 656. The lowest BCUT2D eigenvalue weighted by molar-refractivity contribution is 0.552. The van der Waals surface area contributed by atoms with Crippen molar-refractivity contribution in [2.75, 3.05) is 0 Å². The van der Waals surface area contributed by atoms with Crippen molar-refractivity contribution >= 4 is 22.7 Å². The van der Waals surface area contributed by atoms with E-state index in [1.54, 1.807) is 0 Å². The Balaban J connectivity index is 1.55. The number of rotatable bonds is 6. The fourth-order valence-electron chi connectivity index (χ4n) is 2.33. The summed E-state index contributed by atoms with van der Waals surface area (Å²) in [5.41, 5.74) is 2.62. The van der Waals surface area contributed by atoms with Gasteiger partial charge in [-0.1, -0.05) is 36.4 Å². The molecule has 0 amide bonds. The van der Waals surface area contributed by atoms with Crippen LogP contribution < -0.4 is 5.32 Å². The molecule has 2 aromatic heterocycles. The highest BCUT2D eigenvalue weighted by Crippen LogP contribution is 2.25. The monoisotopic (exact) mass is 313 g/mol. The van der Waals surface area contributed by atoms with Gasteiger partial charge < -0.3 is 5.32 Å². The lowest BCUT2D eigenvalue weighted by Gasteiger charge is -2.11. The summed E-state index contributed by atoms with van der Waals surface area (Å²) in [6, 6.07) is 17.7. The van der Waals surface area contributed by atoms with Crippen molar-refractivity contribution < 1.29 is 0 Å². The predicted molar refractivity (Wildman–Crippen MR) is 94.1 cm³/mol. The summed E-state index contributed by atoms with van der Waals surface area (Å²) >= 11 is 3.67. The van der Waals surface area contributed by atoms with Crippen molar-refractivity contribution in [3.8, 4) is 11.1 Å². The Kier molecular flexibility index (Phi) is 4.86. The molecular weight excluding hydrogens is 294 g/mol. The molecule has 1 N–H and O–H groups in total. The lowest BCUT2D eigenvalue weighted by atomic mass is 10.1. The van der Waals surface area contributed by atoms with E-state index < -0.39 is 0 Å². The predicted octanol–water partition coefficient (Wildman–Crippen LogP) is 5.20. The summed E-state index contributed by atoms with van der Waals surface area (Å²) in [6.07, 6.45) is 1.11. The minimum atomic E-state index is 0.505. The summed E-state index contributed by atoms with van der Waals surface area (Å²) in [5, 5.41) is 8.01. The van der Waals surface area contributed by atoms with Crippen LogP contribution in [0.15, 0.2) is 59.3 Å². The summed E-state index contributed by atoms with van der Waals surface area (Å²) in [5.74, 6) is 0. The minimum absolute atomic E-state index is 0.505. The number of benzene rings is 1. The largest absolute Gasteiger partial charge is 0.309 e. The fourth-order valence-corrected chi connectivity index (χ4v) is 4.01.